The number of carbonyl (C=O) groups is 1. The van der Waals surface area contributed by atoms with Gasteiger partial charge in [-0.3, -0.25) is 0 Å². The first kappa shape index (κ1) is 17.1. The summed E-state index contributed by atoms with van der Waals surface area (Å²) in [6.07, 6.45) is -0.380. The van der Waals surface area contributed by atoms with Gasteiger partial charge in [0.05, 0.1) is 0 Å². The van der Waals surface area contributed by atoms with Gasteiger partial charge in [0.25, 0.3) is 0 Å². The Balaban J connectivity index is 0. The van der Waals surface area contributed by atoms with Crippen molar-refractivity contribution in [1.82, 2.24) is 0 Å². The van der Waals surface area contributed by atoms with E-state index in [0.717, 1.165) is 0 Å². The Bertz CT molecular complexity index is 266. The fraction of sp³-hybridized carbons (Fsp3) is 0.375. The van der Waals surface area contributed by atoms with E-state index in [9.17, 15) is 4.79 Å². The van der Waals surface area contributed by atoms with Crippen molar-refractivity contribution in [3.05, 3.63) is 22.4 Å². The van der Waals surface area contributed by atoms with E-state index in [0.29, 0.717) is 4.88 Å². The van der Waals surface area contributed by atoms with E-state index in [1.807, 2.05) is 5.38 Å². The van der Waals surface area contributed by atoms with Crippen LogP contribution < -0.4 is 11.5 Å². The van der Waals surface area contributed by atoms with E-state index < -0.39 is 0 Å². The molecular formula is C8H14Cl2N2O2S. The zero-order valence-corrected chi connectivity index (χ0v) is 10.4. The number of rotatable bonds is 4. The average Bonchev–Trinajstić information content (AvgIpc) is 2.66. The highest BCUT2D eigenvalue weighted by Gasteiger charge is 2.13. The maximum atomic E-state index is 11.3. The first-order chi connectivity index (χ1) is 6.27. The predicted octanol–water partition coefficient (Wildman–Crippen LogP) is 1.03. The molecule has 0 amide bonds. The van der Waals surface area contributed by atoms with Crippen molar-refractivity contribution in [2.75, 3.05) is 13.1 Å². The standard InChI is InChI=1S/C8H12N2O2S.2ClH/c9-4-6(5-10)12-8(11)7-2-1-3-13-7;;/h1-3,6H,4-5,9-10H2;2*1H. The molecule has 4 nitrogen and oxygen atoms in total. The van der Waals surface area contributed by atoms with Crippen LogP contribution in [0.3, 0.4) is 0 Å². The van der Waals surface area contributed by atoms with Crippen LogP contribution in [0.15, 0.2) is 17.5 Å². The fourth-order valence-corrected chi connectivity index (χ4v) is 1.40. The van der Waals surface area contributed by atoms with Crippen molar-refractivity contribution in [1.29, 1.82) is 0 Å². The van der Waals surface area contributed by atoms with Crippen LogP contribution in [0.5, 0.6) is 0 Å². The van der Waals surface area contributed by atoms with E-state index in [1.54, 1.807) is 12.1 Å². The summed E-state index contributed by atoms with van der Waals surface area (Å²) < 4.78 is 5.01. The summed E-state index contributed by atoms with van der Waals surface area (Å²) in [4.78, 5) is 11.9. The van der Waals surface area contributed by atoms with Gasteiger partial charge in [-0.25, -0.2) is 4.79 Å². The van der Waals surface area contributed by atoms with Crippen molar-refractivity contribution in [3.63, 3.8) is 0 Å². The van der Waals surface area contributed by atoms with Crippen LogP contribution in [0.4, 0.5) is 0 Å². The summed E-state index contributed by atoms with van der Waals surface area (Å²) in [5, 5.41) is 1.82. The monoisotopic (exact) mass is 272 g/mol. The molecule has 7 heteroatoms. The van der Waals surface area contributed by atoms with Crippen molar-refractivity contribution in [3.8, 4) is 0 Å². The van der Waals surface area contributed by atoms with E-state index in [4.69, 9.17) is 16.2 Å². The molecule has 0 unspecified atom stereocenters. The summed E-state index contributed by atoms with van der Waals surface area (Å²) in [7, 11) is 0. The van der Waals surface area contributed by atoms with Gasteiger partial charge in [0.1, 0.15) is 11.0 Å². The molecule has 0 spiro atoms. The number of nitrogens with two attached hydrogens (primary N) is 2. The van der Waals surface area contributed by atoms with Crippen LogP contribution >= 0.6 is 36.2 Å². The van der Waals surface area contributed by atoms with Gasteiger partial charge in [-0.15, -0.1) is 36.2 Å². The number of ether oxygens (including phenoxy) is 1. The Hall–Kier alpha value is -0.330. The van der Waals surface area contributed by atoms with Crippen LogP contribution in [0.2, 0.25) is 0 Å². The molecule has 88 valence electrons. The summed E-state index contributed by atoms with van der Waals surface area (Å²) in [5.74, 6) is -0.351. The Morgan fingerprint density at radius 1 is 1.40 bits per heavy atom. The second-order valence-corrected chi connectivity index (χ2v) is 3.42. The lowest BCUT2D eigenvalue weighted by molar-refractivity contribution is 0.0344. The molecule has 4 N–H and O–H groups in total. The molecule has 0 bridgehead atoms. The molecule has 0 saturated heterocycles. The second-order valence-electron chi connectivity index (χ2n) is 2.48. The van der Waals surface area contributed by atoms with Crippen molar-refractivity contribution in [2.45, 2.75) is 6.10 Å². The van der Waals surface area contributed by atoms with E-state index >= 15 is 0 Å². The molecule has 0 saturated carbocycles. The summed E-state index contributed by atoms with van der Waals surface area (Å²) >= 11 is 1.34. The molecule has 0 atom stereocenters. The Kier molecular flexibility index (Phi) is 10.2. The molecule has 1 aromatic rings. The minimum Gasteiger partial charge on any atom is -0.455 e. The average molecular weight is 273 g/mol. The van der Waals surface area contributed by atoms with Gasteiger partial charge in [-0.2, -0.15) is 0 Å². The van der Waals surface area contributed by atoms with E-state index in [1.165, 1.54) is 11.3 Å². The Morgan fingerprint density at radius 2 is 2.00 bits per heavy atom. The lowest BCUT2D eigenvalue weighted by atomic mass is 10.3. The largest absolute Gasteiger partial charge is 0.455 e. The molecule has 0 aliphatic carbocycles. The smallest absolute Gasteiger partial charge is 0.348 e. The zero-order chi connectivity index (χ0) is 9.68. The van der Waals surface area contributed by atoms with E-state index in [2.05, 4.69) is 0 Å². The normalized spacial score (nSPS) is 9.00. The van der Waals surface area contributed by atoms with Gasteiger partial charge >= 0.3 is 5.97 Å². The van der Waals surface area contributed by atoms with Gasteiger partial charge < -0.3 is 16.2 Å². The zero-order valence-electron chi connectivity index (χ0n) is 7.92. The lowest BCUT2D eigenvalue weighted by Gasteiger charge is -2.12. The highest BCUT2D eigenvalue weighted by atomic mass is 35.5. The van der Waals surface area contributed by atoms with Crippen LogP contribution in [0, 0.1) is 0 Å². The SMILES string of the molecule is Cl.Cl.NCC(CN)OC(=O)c1cccs1. The summed E-state index contributed by atoms with van der Waals surface area (Å²) in [5.41, 5.74) is 10.7. The first-order valence-electron chi connectivity index (χ1n) is 3.92. The maximum absolute atomic E-state index is 11.3. The highest BCUT2D eigenvalue weighted by molar-refractivity contribution is 7.11. The minimum absolute atomic E-state index is 0. The molecule has 1 heterocycles. The van der Waals surface area contributed by atoms with Crippen LogP contribution in [-0.2, 0) is 4.74 Å². The van der Waals surface area contributed by atoms with Crippen molar-refractivity contribution in [2.24, 2.45) is 11.5 Å². The number of hydrogen-bond donors (Lipinski definition) is 2. The Labute approximate surface area is 105 Å². The molecule has 0 aromatic carbocycles. The minimum atomic E-state index is -0.380. The van der Waals surface area contributed by atoms with Crippen LogP contribution in [0.1, 0.15) is 9.67 Å². The molecule has 1 aromatic heterocycles. The topological polar surface area (TPSA) is 78.3 Å². The van der Waals surface area contributed by atoms with Crippen molar-refractivity contribution >= 4 is 42.1 Å². The molecule has 0 fully saturated rings. The third-order valence-electron chi connectivity index (χ3n) is 1.52. The van der Waals surface area contributed by atoms with Crippen LogP contribution in [0.25, 0.3) is 0 Å². The fourth-order valence-electron chi connectivity index (χ4n) is 0.797. The highest BCUT2D eigenvalue weighted by Crippen LogP contribution is 2.10. The number of esters is 1. The van der Waals surface area contributed by atoms with Gasteiger partial charge in [0, 0.05) is 13.1 Å². The number of thiophene rings is 1. The third-order valence-corrected chi connectivity index (χ3v) is 2.37. The number of halogens is 2. The maximum Gasteiger partial charge on any atom is 0.348 e. The van der Waals surface area contributed by atoms with Gasteiger partial charge in [0.2, 0.25) is 0 Å². The molecule has 0 aliphatic heterocycles. The molecule has 15 heavy (non-hydrogen) atoms. The third kappa shape index (κ3) is 5.34. The number of carbonyl (C=O) groups excluding carboxylic acids is 1. The molecule has 0 aliphatic rings. The van der Waals surface area contributed by atoms with Crippen LogP contribution in [-0.4, -0.2) is 25.2 Å². The molecule has 1 rings (SSSR count). The second kappa shape index (κ2) is 8.94. The quantitative estimate of drug-likeness (QED) is 0.803. The van der Waals surface area contributed by atoms with E-state index in [-0.39, 0.29) is 50.0 Å². The lowest BCUT2D eigenvalue weighted by Crippen LogP contribution is -2.33. The summed E-state index contributed by atoms with van der Waals surface area (Å²) in [6, 6.07) is 3.50. The van der Waals surface area contributed by atoms with Gasteiger partial charge in [0.15, 0.2) is 0 Å². The van der Waals surface area contributed by atoms with Gasteiger partial charge in [-0.1, -0.05) is 6.07 Å². The summed E-state index contributed by atoms with van der Waals surface area (Å²) in [6.45, 7) is 0.515. The molecule has 0 radical (unpaired) electrons. The molecular weight excluding hydrogens is 259 g/mol. The van der Waals surface area contributed by atoms with Crippen molar-refractivity contribution < 1.29 is 9.53 Å². The van der Waals surface area contributed by atoms with Gasteiger partial charge in [-0.05, 0) is 11.4 Å². The first-order valence-corrected chi connectivity index (χ1v) is 4.80. The predicted molar refractivity (Wildman–Crippen MR) is 66.1 cm³/mol. The number of hydrogen-bond acceptors (Lipinski definition) is 5. The Morgan fingerprint density at radius 3 is 2.40 bits per heavy atom.